The van der Waals surface area contributed by atoms with Crippen LogP contribution < -0.4 is 58.0 Å². The molecule has 7 rings (SSSR count). The summed E-state index contributed by atoms with van der Waals surface area (Å²) < 4.78 is 37.0. The van der Waals surface area contributed by atoms with E-state index in [2.05, 4.69) is 331 Å². The summed E-state index contributed by atoms with van der Waals surface area (Å²) >= 11 is 29.0. The SMILES string of the molecule is C.C/C(Cl)=C\C[C@@H](C/C=C\I)O[Si](c1ccccc1)(c1ccccc1)C(C)(C)C.C/C(Cl)=C\C[C@@H](C/C=C\NC(=O)[C@@H](C)C(C)(C)C)O[Si](c1ccccc1)(c1ccccc1)C(C)(C)C.C/C(Cl)=C\C[C@@H](C/C=C\NC(=O)[C@@H](N)C(C)(C)C)O[Si](c1ccccc1)(c1ccccc1)C(C)(C)C.COc1ccc(CO[C@H](C/C=C\I)C/C=C(\C)Cl)cc1.C[C@H](C(N)=O)C(C)(C)C. The predicted molar refractivity (Wildman–Crippen MR) is 586 cm³/mol. The Bertz CT molecular complexity index is 4350. The van der Waals surface area contributed by atoms with Gasteiger partial charge in [0.2, 0.25) is 17.7 Å². The van der Waals surface area contributed by atoms with Crippen LogP contribution in [-0.2, 0) is 39.0 Å². The molecule has 0 aliphatic carbocycles. The van der Waals surface area contributed by atoms with E-state index in [1.54, 1.807) is 19.5 Å². The largest absolute Gasteiger partial charge is 0.497 e. The van der Waals surface area contributed by atoms with Crippen molar-refractivity contribution in [3.05, 3.63) is 301 Å². The Kier molecular flexibility index (Phi) is 54.3. The standard InChI is InChI=1S/C31H44ClNO2Si.C30H43ClN2O2Si.C24H30ClIOSi.C16H20ClIO2.C7H15NO.CH4/c1-24(32)21-22-26(16-15-23-33-29(34)25(2)30(3,4)5)35-36(31(6,7)8,27-17-11-9-12-18-27)28-19-13-10-14-20-28;1-23(31)20-21-24(15-14-22-33-28(34)27(32)29(2,3)4)35-36(30(5,6)7,25-16-10-8-11-17-25)26-18-12-9-13-19-26;1-20(25)17-18-21(12-11-19-26)27-28(24(2,3)4,22-13-7-5-8-14-22)23-15-9-6-10-16-23;1-13(17)5-8-16(4-3-11-18)20-12-14-6-9-15(19-2)10-7-14;1-5(6(8)9)7(2,3)4;/h9-15,17-21,23,25-26H,16,22H2,1-8H3,(H,33,34);8-14,16-20,22,24,27H,15,21,32H2,1-7H3,(H,33,34);5-11,13-17,19,21H,12,18H2,1-4H3;3,5-7,9-11,16H,4,8,12H2,1-2H3;5H,1-4H3,(H2,8,9);1H4/b23-15-,24-21+;22-14-,23-20+;19-11-,20-17+;11-3-,13-5+;;/t25-,26-;24-,27-;21-;16-;5-;/m11111./s1. The number of amides is 3. The Labute approximate surface area is 836 Å². The van der Waals surface area contributed by atoms with Crippen molar-refractivity contribution in [2.75, 3.05) is 7.11 Å². The quantitative estimate of drug-likeness (QED) is 0.0218. The number of rotatable bonds is 37. The second-order valence-corrected chi connectivity index (χ2v) is 55.6. The van der Waals surface area contributed by atoms with Gasteiger partial charge in [0.25, 0.3) is 25.0 Å². The van der Waals surface area contributed by atoms with E-state index in [1.165, 1.54) is 31.1 Å². The Morgan fingerprint density at radius 3 is 0.854 bits per heavy atom. The Morgan fingerprint density at radius 1 is 0.377 bits per heavy atom. The van der Waals surface area contributed by atoms with Crippen molar-refractivity contribution >= 4 is 165 Å². The van der Waals surface area contributed by atoms with Gasteiger partial charge in [-0.15, -0.1) is 0 Å². The number of methoxy groups -OCH3 is 1. The van der Waals surface area contributed by atoms with E-state index >= 15 is 0 Å². The first-order chi connectivity index (χ1) is 60.4. The molecule has 0 aliphatic rings. The first-order valence-corrected chi connectivity index (χ1v) is 54.5. The summed E-state index contributed by atoms with van der Waals surface area (Å²) in [7, 11) is -6.30. The van der Waals surface area contributed by atoms with Crippen molar-refractivity contribution in [3.63, 3.8) is 0 Å². The monoisotopic (exact) mass is 2130 g/mol. The zero-order valence-corrected chi connectivity index (χ0v) is 92.0. The van der Waals surface area contributed by atoms with Crippen LogP contribution in [0.1, 0.15) is 231 Å². The maximum absolute atomic E-state index is 12.6. The molecule has 0 radical (unpaired) electrons. The van der Waals surface area contributed by atoms with Crippen molar-refractivity contribution in [3.8, 4) is 5.75 Å². The van der Waals surface area contributed by atoms with Gasteiger partial charge in [-0.1, -0.05) is 480 Å². The summed E-state index contributed by atoms with van der Waals surface area (Å²) in [6, 6.07) is 71.4. The third kappa shape index (κ3) is 40.7. The normalized spacial score (nSPS) is 14.6. The molecule has 0 spiro atoms. The highest BCUT2D eigenvalue weighted by Crippen LogP contribution is 2.42. The smallest absolute Gasteiger partial charge is 0.261 e. The van der Waals surface area contributed by atoms with E-state index in [-0.39, 0.29) is 92.8 Å². The fourth-order valence-electron chi connectivity index (χ4n) is 14.3. The average Bonchev–Trinajstić information content (AvgIpc) is 0.753. The van der Waals surface area contributed by atoms with Crippen molar-refractivity contribution in [2.45, 2.75) is 277 Å². The molecular weight excluding hydrogens is 1970 g/mol. The molecule has 0 fully saturated rings. The number of nitrogens with one attached hydrogen (secondary N) is 2. The van der Waals surface area contributed by atoms with Crippen LogP contribution in [0.2, 0.25) is 15.1 Å². The molecule has 7 aromatic carbocycles. The molecule has 21 heteroatoms. The molecule has 3 amide bonds. The summed E-state index contributed by atoms with van der Waals surface area (Å²) in [6.45, 7) is 50.7. The van der Waals surface area contributed by atoms with E-state index in [0.717, 1.165) is 57.1 Å². The van der Waals surface area contributed by atoms with Gasteiger partial charge < -0.3 is 44.9 Å². The van der Waals surface area contributed by atoms with Gasteiger partial charge in [-0.05, 0) is 180 Å². The van der Waals surface area contributed by atoms with Crippen molar-refractivity contribution in [1.29, 1.82) is 0 Å². The maximum Gasteiger partial charge on any atom is 0.261 e. The summed E-state index contributed by atoms with van der Waals surface area (Å²) in [5.74, 6) is 0.339. The topological polar surface area (TPSA) is 173 Å². The van der Waals surface area contributed by atoms with E-state index < -0.39 is 31.0 Å². The molecule has 0 aliphatic heterocycles. The lowest BCUT2D eigenvalue weighted by molar-refractivity contribution is -0.126. The lowest BCUT2D eigenvalue weighted by Gasteiger charge is -2.45. The zero-order valence-electron chi connectivity index (χ0n) is 81.7. The Morgan fingerprint density at radius 2 is 0.631 bits per heavy atom. The molecule has 0 aromatic heterocycles. The fourth-order valence-corrected chi connectivity index (χ4v) is 29.4. The lowest BCUT2D eigenvalue weighted by atomic mass is 9.81. The van der Waals surface area contributed by atoms with Crippen LogP contribution >= 0.6 is 91.6 Å². The number of hydrogen-bond acceptors (Lipinski definition) is 9. The highest BCUT2D eigenvalue weighted by Gasteiger charge is 2.54. The lowest BCUT2D eigenvalue weighted by Crippen LogP contribution is -2.67. The first-order valence-electron chi connectivity index (χ1n) is 44.8. The molecule has 7 aromatic rings. The summed E-state index contributed by atoms with van der Waals surface area (Å²) in [5.41, 5.74) is 11.9. The summed E-state index contributed by atoms with van der Waals surface area (Å²) in [6.07, 6.45) is 25.8. The predicted octanol–water partition coefficient (Wildman–Crippen LogP) is 27.1. The molecule has 0 bridgehead atoms. The molecular formula is C109H156Cl4I2N4O8Si3. The van der Waals surface area contributed by atoms with E-state index in [9.17, 15) is 14.4 Å². The van der Waals surface area contributed by atoms with E-state index in [1.807, 2.05) is 154 Å². The minimum atomic E-state index is -2.72. The van der Waals surface area contributed by atoms with E-state index in [0.29, 0.717) is 32.3 Å². The second-order valence-electron chi connectivity index (χ2n) is 39.0. The van der Waals surface area contributed by atoms with Gasteiger partial charge in [0.05, 0.1) is 44.2 Å². The van der Waals surface area contributed by atoms with Crippen LogP contribution in [-0.4, -0.2) is 80.2 Å². The number of benzene rings is 7. The maximum atomic E-state index is 12.6. The van der Waals surface area contributed by atoms with Crippen LogP contribution in [0, 0.1) is 28.1 Å². The number of hydrogen-bond donors (Lipinski definition) is 4. The van der Waals surface area contributed by atoms with Gasteiger partial charge in [-0.3, -0.25) is 14.4 Å². The molecule has 0 heterocycles. The molecule has 714 valence electrons. The third-order valence-corrected chi connectivity index (χ3v) is 39.6. The number of allylic oxidation sites excluding steroid dienone is 4. The van der Waals surface area contributed by atoms with Crippen molar-refractivity contribution < 1.29 is 37.1 Å². The number of carbonyl (C=O) groups excluding carboxylic acids is 3. The van der Waals surface area contributed by atoms with Gasteiger partial charge in [0.1, 0.15) is 5.75 Å². The molecule has 12 nitrogen and oxygen atoms in total. The highest BCUT2D eigenvalue weighted by atomic mass is 127. The molecule has 0 saturated heterocycles. The Balaban J connectivity index is 0.000000576. The molecule has 6 N–H and O–H groups in total. The zero-order chi connectivity index (χ0) is 97.0. The van der Waals surface area contributed by atoms with Crippen LogP contribution in [0.4, 0.5) is 0 Å². The average molecular weight is 2130 g/mol. The Hall–Kier alpha value is -6.26. The highest BCUT2D eigenvalue weighted by molar-refractivity contribution is 14.1. The number of carbonyl (C=O) groups is 3. The number of primary amides is 1. The van der Waals surface area contributed by atoms with Gasteiger partial charge in [0, 0.05) is 32.0 Å². The number of nitrogens with two attached hydrogens (primary N) is 2. The first kappa shape index (κ1) is 120. The van der Waals surface area contributed by atoms with Crippen LogP contribution in [0.3, 0.4) is 0 Å². The number of ether oxygens (including phenoxy) is 2. The number of halogens is 6. The van der Waals surface area contributed by atoms with Crippen LogP contribution in [0.25, 0.3) is 0 Å². The van der Waals surface area contributed by atoms with Gasteiger partial charge >= 0.3 is 0 Å². The minimum Gasteiger partial charge on any atom is -0.497 e. The summed E-state index contributed by atoms with van der Waals surface area (Å²) in [4.78, 5) is 35.6. The van der Waals surface area contributed by atoms with E-state index in [4.69, 9.17) is 80.6 Å². The third-order valence-electron chi connectivity index (χ3n) is 22.7. The summed E-state index contributed by atoms with van der Waals surface area (Å²) in [5, 5.41) is 16.2. The van der Waals surface area contributed by atoms with Crippen molar-refractivity contribution in [1.82, 2.24) is 10.6 Å². The second kappa shape index (κ2) is 58.9. The van der Waals surface area contributed by atoms with Gasteiger partial charge in [0.15, 0.2) is 0 Å². The molecule has 0 unspecified atom stereocenters. The molecule has 130 heavy (non-hydrogen) atoms. The molecule has 7 atom stereocenters. The minimum absolute atomic E-state index is 0. The van der Waals surface area contributed by atoms with Crippen molar-refractivity contribution in [2.24, 2.45) is 39.5 Å². The fraction of sp³-hybridized carbons (Fsp3) is 0.440. The van der Waals surface area contributed by atoms with Gasteiger partial charge in [-0.25, -0.2) is 0 Å². The van der Waals surface area contributed by atoms with Gasteiger partial charge in [-0.2, -0.15) is 0 Å². The van der Waals surface area contributed by atoms with Crippen LogP contribution in [0.5, 0.6) is 5.75 Å². The van der Waals surface area contributed by atoms with Crippen LogP contribution in [0.15, 0.2) is 296 Å². The molecule has 0 saturated carbocycles.